The van der Waals surface area contributed by atoms with E-state index in [4.69, 9.17) is 26.2 Å². The van der Waals surface area contributed by atoms with E-state index in [2.05, 4.69) is 10.6 Å². The molecular formula is C26H29ClN4O7. The number of carbonyl (C=O) groups excluding carboxylic acids is 3. The molecule has 38 heavy (non-hydrogen) atoms. The van der Waals surface area contributed by atoms with E-state index in [0.29, 0.717) is 41.3 Å². The molecule has 0 aliphatic carbocycles. The third-order valence-corrected chi connectivity index (χ3v) is 7.02. The number of hydrogen-bond donors (Lipinski definition) is 3. The quantitative estimate of drug-likeness (QED) is 0.483. The maximum atomic E-state index is 13.7. The van der Waals surface area contributed by atoms with Crippen molar-refractivity contribution in [3.63, 3.8) is 0 Å². The Balaban J connectivity index is 1.53. The summed E-state index contributed by atoms with van der Waals surface area (Å²) >= 11 is 6.24. The first kappa shape index (κ1) is 27.2. The van der Waals surface area contributed by atoms with Gasteiger partial charge in [0.05, 0.1) is 12.2 Å². The van der Waals surface area contributed by atoms with Crippen molar-refractivity contribution in [3.05, 3.63) is 58.6 Å². The highest BCUT2D eigenvalue weighted by Crippen LogP contribution is 2.43. The van der Waals surface area contributed by atoms with Crippen molar-refractivity contribution in [2.75, 3.05) is 44.1 Å². The number of methoxy groups -OCH3 is 1. The van der Waals surface area contributed by atoms with Gasteiger partial charge < -0.3 is 24.8 Å². The summed E-state index contributed by atoms with van der Waals surface area (Å²) in [6, 6.07) is 10.2. The van der Waals surface area contributed by atoms with Crippen LogP contribution in [0.15, 0.2) is 42.5 Å². The second kappa shape index (κ2) is 11.3. The number of halogens is 1. The first-order valence-electron chi connectivity index (χ1n) is 12.1. The standard InChI is InChI=1S/C26H29ClN4O7/c1-30(25(35)36)18-7-4-16(5-8-18)22(32)28-21(10-13-37-2)23(33)31-12-3-11-26(15-31)19-14-17(27)6-9-20(19)29-24(34)38-26/h4-9,14,21H,3,10-13,15H2,1-2H3,(H,28,32)(H,29,34)(H,35,36)/t21-,26-/m0/s1. The number of nitrogens with zero attached hydrogens (tertiary/aromatic N) is 2. The van der Waals surface area contributed by atoms with Gasteiger partial charge in [-0.1, -0.05) is 11.6 Å². The average molecular weight is 545 g/mol. The second-order valence-electron chi connectivity index (χ2n) is 9.26. The number of likely N-dealkylation sites (tertiary alicyclic amines) is 1. The van der Waals surface area contributed by atoms with E-state index in [9.17, 15) is 19.2 Å². The van der Waals surface area contributed by atoms with E-state index >= 15 is 0 Å². The topological polar surface area (TPSA) is 138 Å². The van der Waals surface area contributed by atoms with Crippen LogP contribution in [0.1, 0.15) is 35.2 Å². The van der Waals surface area contributed by atoms with Gasteiger partial charge in [-0.25, -0.2) is 9.59 Å². The number of ether oxygens (including phenoxy) is 2. The molecular weight excluding hydrogens is 516 g/mol. The van der Waals surface area contributed by atoms with Crippen molar-refractivity contribution in [2.24, 2.45) is 0 Å². The number of benzene rings is 2. The molecule has 0 radical (unpaired) electrons. The highest BCUT2D eigenvalue weighted by atomic mass is 35.5. The largest absolute Gasteiger partial charge is 0.465 e. The van der Waals surface area contributed by atoms with Crippen LogP contribution in [0.5, 0.6) is 0 Å². The molecule has 1 saturated heterocycles. The molecule has 2 aliphatic rings. The fourth-order valence-corrected chi connectivity index (χ4v) is 4.96. The molecule has 0 unspecified atom stereocenters. The summed E-state index contributed by atoms with van der Waals surface area (Å²) in [5, 5.41) is 15.1. The summed E-state index contributed by atoms with van der Waals surface area (Å²) in [5.41, 5.74) is 0.899. The van der Waals surface area contributed by atoms with Gasteiger partial charge in [-0.15, -0.1) is 0 Å². The average Bonchev–Trinajstić information content (AvgIpc) is 2.90. The van der Waals surface area contributed by atoms with Crippen LogP contribution in [0, 0.1) is 0 Å². The van der Waals surface area contributed by atoms with Gasteiger partial charge in [-0.05, 0) is 61.7 Å². The monoisotopic (exact) mass is 544 g/mol. The Morgan fingerprint density at radius 2 is 2.00 bits per heavy atom. The van der Waals surface area contributed by atoms with Crippen LogP contribution < -0.4 is 15.5 Å². The van der Waals surface area contributed by atoms with Crippen LogP contribution in [-0.2, 0) is 19.9 Å². The summed E-state index contributed by atoms with van der Waals surface area (Å²) in [7, 11) is 2.90. The van der Waals surface area contributed by atoms with Crippen molar-refractivity contribution in [2.45, 2.75) is 30.9 Å². The Morgan fingerprint density at radius 3 is 2.68 bits per heavy atom. The highest BCUT2D eigenvalue weighted by Gasteiger charge is 2.47. The molecule has 202 valence electrons. The molecule has 2 aromatic rings. The number of rotatable bonds is 7. The molecule has 3 N–H and O–H groups in total. The van der Waals surface area contributed by atoms with Gasteiger partial charge in [0.25, 0.3) is 5.91 Å². The molecule has 12 heteroatoms. The Kier molecular flexibility index (Phi) is 8.08. The van der Waals surface area contributed by atoms with E-state index < -0.39 is 29.7 Å². The molecule has 1 fully saturated rings. The third kappa shape index (κ3) is 5.68. The van der Waals surface area contributed by atoms with Gasteiger partial charge in [-0.2, -0.15) is 0 Å². The third-order valence-electron chi connectivity index (χ3n) is 6.78. The molecule has 2 atom stereocenters. The lowest BCUT2D eigenvalue weighted by Crippen LogP contribution is -2.57. The first-order valence-corrected chi connectivity index (χ1v) is 12.5. The molecule has 2 aliphatic heterocycles. The number of fused-ring (bicyclic) bond motifs is 2. The van der Waals surface area contributed by atoms with Crippen LogP contribution in [0.2, 0.25) is 5.02 Å². The number of carbonyl (C=O) groups is 4. The Hall–Kier alpha value is -3.83. The summed E-state index contributed by atoms with van der Waals surface area (Å²) in [6.45, 7) is 0.772. The van der Waals surface area contributed by atoms with Crippen molar-refractivity contribution in [1.82, 2.24) is 10.2 Å². The van der Waals surface area contributed by atoms with E-state index in [1.54, 1.807) is 23.1 Å². The van der Waals surface area contributed by atoms with Crippen molar-refractivity contribution < 1.29 is 33.8 Å². The van der Waals surface area contributed by atoms with Gasteiger partial charge in [0, 0.05) is 49.1 Å². The Bertz CT molecular complexity index is 1240. The van der Waals surface area contributed by atoms with E-state index in [-0.39, 0.29) is 31.0 Å². The molecule has 4 amide bonds. The van der Waals surface area contributed by atoms with Gasteiger partial charge in [0.2, 0.25) is 5.91 Å². The van der Waals surface area contributed by atoms with Gasteiger partial charge >= 0.3 is 12.2 Å². The fraction of sp³-hybridized carbons (Fsp3) is 0.385. The lowest BCUT2D eigenvalue weighted by molar-refractivity contribution is -0.141. The summed E-state index contributed by atoms with van der Waals surface area (Å²) in [5.74, 6) is -0.809. The predicted octanol–water partition coefficient (Wildman–Crippen LogP) is 3.67. The van der Waals surface area contributed by atoms with Crippen LogP contribution in [0.4, 0.5) is 21.0 Å². The Labute approximate surface area is 224 Å². The maximum absolute atomic E-state index is 13.7. The molecule has 0 saturated carbocycles. The molecule has 0 aromatic heterocycles. The summed E-state index contributed by atoms with van der Waals surface area (Å²) in [6.07, 6.45) is -0.404. The number of anilines is 2. The predicted molar refractivity (Wildman–Crippen MR) is 140 cm³/mol. The zero-order valence-electron chi connectivity index (χ0n) is 21.0. The smallest absolute Gasteiger partial charge is 0.412 e. The molecule has 1 spiro atoms. The molecule has 2 heterocycles. The number of nitrogens with one attached hydrogen (secondary N) is 2. The molecule has 11 nitrogen and oxygen atoms in total. The summed E-state index contributed by atoms with van der Waals surface area (Å²) in [4.78, 5) is 52.8. The second-order valence-corrected chi connectivity index (χ2v) is 9.69. The van der Waals surface area contributed by atoms with Crippen LogP contribution in [-0.4, -0.2) is 73.9 Å². The van der Waals surface area contributed by atoms with E-state index in [0.717, 1.165) is 4.90 Å². The van der Waals surface area contributed by atoms with Gasteiger partial charge in [0.1, 0.15) is 6.04 Å². The minimum Gasteiger partial charge on any atom is -0.465 e. The van der Waals surface area contributed by atoms with E-state index in [1.165, 1.54) is 38.4 Å². The lowest BCUT2D eigenvalue weighted by atomic mass is 9.83. The van der Waals surface area contributed by atoms with E-state index in [1.807, 2.05) is 0 Å². The SMILES string of the molecule is COCC[C@H](NC(=O)c1ccc(N(C)C(=O)O)cc1)C(=O)N1CCC[C@@]2(C1)OC(=O)Nc1ccc(Cl)cc12. The normalized spacial score (nSPS) is 19.1. The van der Waals surface area contributed by atoms with Crippen molar-refractivity contribution in [3.8, 4) is 0 Å². The molecule has 4 rings (SSSR count). The fourth-order valence-electron chi connectivity index (χ4n) is 4.79. The van der Waals surface area contributed by atoms with Gasteiger partial charge in [0.15, 0.2) is 5.60 Å². The summed E-state index contributed by atoms with van der Waals surface area (Å²) < 4.78 is 10.9. The number of piperidine rings is 1. The van der Waals surface area contributed by atoms with Crippen LogP contribution in [0.3, 0.4) is 0 Å². The van der Waals surface area contributed by atoms with Crippen molar-refractivity contribution in [1.29, 1.82) is 0 Å². The van der Waals surface area contributed by atoms with Crippen molar-refractivity contribution >= 4 is 47.0 Å². The zero-order chi connectivity index (χ0) is 27.4. The minimum absolute atomic E-state index is 0.113. The first-order chi connectivity index (χ1) is 18.1. The minimum atomic E-state index is -1.13. The van der Waals surface area contributed by atoms with Crippen LogP contribution in [0.25, 0.3) is 0 Å². The number of carboxylic acid groups (broad SMARTS) is 1. The number of hydrogen-bond acceptors (Lipinski definition) is 6. The molecule has 0 bridgehead atoms. The number of amides is 4. The lowest BCUT2D eigenvalue weighted by Gasteiger charge is -2.45. The molecule has 2 aromatic carbocycles. The van der Waals surface area contributed by atoms with Gasteiger partial charge in [-0.3, -0.25) is 19.8 Å². The Morgan fingerprint density at radius 1 is 1.26 bits per heavy atom. The zero-order valence-corrected chi connectivity index (χ0v) is 21.8. The van der Waals surface area contributed by atoms with Crippen LogP contribution >= 0.6 is 11.6 Å². The highest BCUT2D eigenvalue weighted by molar-refractivity contribution is 6.30. The maximum Gasteiger partial charge on any atom is 0.412 e.